The van der Waals surface area contributed by atoms with Gasteiger partial charge >= 0.3 is 0 Å². The van der Waals surface area contributed by atoms with Gasteiger partial charge in [-0.25, -0.2) is 8.42 Å². The van der Waals surface area contributed by atoms with Crippen molar-refractivity contribution >= 4 is 15.8 Å². The average Bonchev–Trinajstić information content (AvgIpc) is 2.89. The van der Waals surface area contributed by atoms with Crippen LogP contribution in [-0.4, -0.2) is 50.6 Å². The van der Waals surface area contributed by atoms with Gasteiger partial charge in [0.25, 0.3) is 0 Å². The number of carbonyl (C=O) groups is 1. The van der Waals surface area contributed by atoms with Gasteiger partial charge < -0.3 is 4.74 Å². The first-order chi connectivity index (χ1) is 9.56. The molecule has 5 nitrogen and oxygen atoms in total. The largest absolute Gasteiger partial charge is 0.385 e. The average molecular weight is 303 g/mol. The summed E-state index contributed by atoms with van der Waals surface area (Å²) in [7, 11) is -1.68. The molecule has 1 saturated carbocycles. The van der Waals surface area contributed by atoms with E-state index in [1.54, 1.807) is 11.4 Å². The summed E-state index contributed by atoms with van der Waals surface area (Å²) >= 11 is 0. The quantitative estimate of drug-likeness (QED) is 0.699. The lowest BCUT2D eigenvalue weighted by Gasteiger charge is -2.32. The molecular formula is C14H25NO4S. The zero-order valence-corrected chi connectivity index (χ0v) is 13.0. The number of ketones is 1. The van der Waals surface area contributed by atoms with E-state index in [9.17, 15) is 13.2 Å². The third-order valence-electron chi connectivity index (χ3n) is 4.42. The van der Waals surface area contributed by atoms with Gasteiger partial charge in [0.2, 0.25) is 10.0 Å². The van der Waals surface area contributed by atoms with Crippen LogP contribution in [-0.2, 0) is 19.6 Å². The van der Waals surface area contributed by atoms with E-state index >= 15 is 0 Å². The predicted molar refractivity (Wildman–Crippen MR) is 77.0 cm³/mol. The minimum absolute atomic E-state index is 0.0662. The molecular weight excluding hydrogens is 278 g/mol. The summed E-state index contributed by atoms with van der Waals surface area (Å²) in [6.07, 6.45) is 5.71. The van der Waals surface area contributed by atoms with Crippen LogP contribution in [0.2, 0.25) is 0 Å². The van der Waals surface area contributed by atoms with Crippen LogP contribution >= 0.6 is 0 Å². The summed E-state index contributed by atoms with van der Waals surface area (Å²) in [5, 5.41) is 0. The Morgan fingerprint density at radius 3 is 2.75 bits per heavy atom. The zero-order chi connectivity index (χ0) is 14.6. The lowest BCUT2D eigenvalue weighted by Crippen LogP contribution is -2.44. The van der Waals surface area contributed by atoms with Crippen LogP contribution in [0.5, 0.6) is 0 Å². The molecule has 2 rings (SSSR count). The SMILES string of the molecule is COCCCS(=O)(=O)N1CCCC1C1CCCCC1=O. The van der Waals surface area contributed by atoms with Gasteiger partial charge in [-0.1, -0.05) is 6.42 Å². The topological polar surface area (TPSA) is 63.7 Å². The maximum absolute atomic E-state index is 12.4. The van der Waals surface area contributed by atoms with Crippen LogP contribution in [0.1, 0.15) is 44.9 Å². The Balaban J connectivity index is 2.04. The van der Waals surface area contributed by atoms with Gasteiger partial charge in [-0.05, 0) is 32.1 Å². The van der Waals surface area contributed by atoms with Gasteiger partial charge in [0.05, 0.1) is 5.75 Å². The Morgan fingerprint density at radius 1 is 1.25 bits per heavy atom. The summed E-state index contributed by atoms with van der Waals surface area (Å²) in [5.74, 6) is 0.321. The third-order valence-corrected chi connectivity index (χ3v) is 6.40. The fraction of sp³-hybridized carbons (Fsp3) is 0.929. The summed E-state index contributed by atoms with van der Waals surface area (Å²) in [6, 6.07) is -0.0876. The number of hydrogen-bond donors (Lipinski definition) is 0. The molecule has 0 aromatic heterocycles. The summed E-state index contributed by atoms with van der Waals surface area (Å²) in [5.41, 5.74) is 0. The van der Waals surface area contributed by atoms with E-state index in [-0.39, 0.29) is 23.5 Å². The van der Waals surface area contributed by atoms with Gasteiger partial charge in [0.1, 0.15) is 5.78 Å². The third kappa shape index (κ3) is 3.59. The number of carbonyl (C=O) groups excluding carboxylic acids is 1. The van der Waals surface area contributed by atoms with Crippen molar-refractivity contribution in [2.75, 3.05) is 26.0 Å². The van der Waals surface area contributed by atoms with Crippen molar-refractivity contribution in [3.8, 4) is 0 Å². The molecule has 1 aliphatic carbocycles. The van der Waals surface area contributed by atoms with E-state index in [1.165, 1.54) is 0 Å². The molecule has 0 bridgehead atoms. The Labute approximate surface area is 121 Å². The van der Waals surface area contributed by atoms with Crippen molar-refractivity contribution in [2.24, 2.45) is 5.92 Å². The van der Waals surface area contributed by atoms with Crippen LogP contribution < -0.4 is 0 Å². The molecule has 20 heavy (non-hydrogen) atoms. The Kier molecular flexibility index (Phi) is 5.57. The Bertz CT molecular complexity index is 434. The van der Waals surface area contributed by atoms with Crippen molar-refractivity contribution in [3.05, 3.63) is 0 Å². The normalized spacial score (nSPS) is 28.9. The highest BCUT2D eigenvalue weighted by Crippen LogP contribution is 2.34. The van der Waals surface area contributed by atoms with E-state index in [4.69, 9.17) is 4.74 Å². The van der Waals surface area contributed by atoms with Gasteiger partial charge in [-0.15, -0.1) is 0 Å². The predicted octanol–water partition coefficient (Wildman–Crippen LogP) is 1.58. The minimum atomic E-state index is -3.25. The molecule has 2 atom stereocenters. The number of nitrogens with zero attached hydrogens (tertiary/aromatic N) is 1. The highest BCUT2D eigenvalue weighted by Gasteiger charge is 2.41. The molecule has 0 aromatic rings. The molecule has 2 unspecified atom stereocenters. The fourth-order valence-electron chi connectivity index (χ4n) is 3.43. The molecule has 0 spiro atoms. The number of sulfonamides is 1. The number of Topliss-reactive ketones (excluding diaryl/α,β-unsaturated/α-hetero) is 1. The van der Waals surface area contributed by atoms with Crippen molar-refractivity contribution in [3.63, 3.8) is 0 Å². The second-order valence-corrected chi connectivity index (χ2v) is 7.84. The van der Waals surface area contributed by atoms with Crippen LogP contribution in [0.3, 0.4) is 0 Å². The van der Waals surface area contributed by atoms with Gasteiger partial charge in [-0.2, -0.15) is 4.31 Å². The molecule has 1 heterocycles. The molecule has 116 valence electrons. The van der Waals surface area contributed by atoms with Crippen LogP contribution in [0, 0.1) is 5.92 Å². The minimum Gasteiger partial charge on any atom is -0.385 e. The van der Waals surface area contributed by atoms with Crippen LogP contribution in [0.4, 0.5) is 0 Å². The Morgan fingerprint density at radius 2 is 2.05 bits per heavy atom. The highest BCUT2D eigenvalue weighted by molar-refractivity contribution is 7.89. The first-order valence-electron chi connectivity index (χ1n) is 7.57. The second-order valence-electron chi connectivity index (χ2n) is 5.80. The van der Waals surface area contributed by atoms with E-state index in [0.717, 1.165) is 32.1 Å². The Hall–Kier alpha value is -0.460. The molecule has 1 saturated heterocycles. The first-order valence-corrected chi connectivity index (χ1v) is 9.18. The lowest BCUT2D eigenvalue weighted by molar-refractivity contribution is -0.126. The molecule has 0 amide bonds. The van der Waals surface area contributed by atoms with Gasteiger partial charge in [0.15, 0.2) is 0 Å². The molecule has 0 aromatic carbocycles. The maximum atomic E-state index is 12.4. The monoisotopic (exact) mass is 303 g/mol. The number of rotatable bonds is 6. The van der Waals surface area contributed by atoms with E-state index in [1.807, 2.05) is 0 Å². The van der Waals surface area contributed by atoms with Crippen LogP contribution in [0.25, 0.3) is 0 Å². The smallest absolute Gasteiger partial charge is 0.214 e. The van der Waals surface area contributed by atoms with Gasteiger partial charge in [-0.3, -0.25) is 4.79 Å². The summed E-state index contributed by atoms with van der Waals surface area (Å²) in [4.78, 5) is 12.1. The van der Waals surface area contributed by atoms with E-state index < -0.39 is 10.0 Å². The highest BCUT2D eigenvalue weighted by atomic mass is 32.2. The fourth-order valence-corrected chi connectivity index (χ4v) is 5.22. The molecule has 2 fully saturated rings. The second kappa shape index (κ2) is 7.00. The van der Waals surface area contributed by atoms with E-state index in [0.29, 0.717) is 26.0 Å². The van der Waals surface area contributed by atoms with Crippen molar-refractivity contribution < 1.29 is 17.9 Å². The number of ether oxygens (including phenoxy) is 1. The van der Waals surface area contributed by atoms with E-state index in [2.05, 4.69) is 0 Å². The molecule has 6 heteroatoms. The maximum Gasteiger partial charge on any atom is 0.214 e. The molecule has 1 aliphatic heterocycles. The van der Waals surface area contributed by atoms with Crippen molar-refractivity contribution in [1.29, 1.82) is 0 Å². The number of hydrogen-bond acceptors (Lipinski definition) is 4. The number of methoxy groups -OCH3 is 1. The molecule has 0 N–H and O–H groups in total. The van der Waals surface area contributed by atoms with Gasteiger partial charge in [0, 0.05) is 38.6 Å². The van der Waals surface area contributed by atoms with Crippen molar-refractivity contribution in [1.82, 2.24) is 4.31 Å². The summed E-state index contributed by atoms with van der Waals surface area (Å²) in [6.45, 7) is 1.03. The first kappa shape index (κ1) is 15.9. The molecule has 0 radical (unpaired) electrons. The van der Waals surface area contributed by atoms with Crippen LogP contribution in [0.15, 0.2) is 0 Å². The lowest BCUT2D eigenvalue weighted by atomic mass is 9.82. The molecule has 2 aliphatic rings. The summed E-state index contributed by atoms with van der Waals surface area (Å²) < 4.78 is 31.4. The standard InChI is InChI=1S/C14H25NO4S/c1-19-10-5-11-20(17,18)15-9-4-7-13(15)12-6-2-3-8-14(12)16/h12-13H,2-11H2,1H3. The zero-order valence-electron chi connectivity index (χ0n) is 12.2. The van der Waals surface area contributed by atoms with Crippen molar-refractivity contribution in [2.45, 2.75) is 51.0 Å².